The van der Waals surface area contributed by atoms with E-state index in [-0.39, 0.29) is 0 Å². The highest BCUT2D eigenvalue weighted by Gasteiger charge is 2.15. The average Bonchev–Trinajstić information content (AvgIpc) is 2.55. The lowest BCUT2D eigenvalue weighted by atomic mass is 10.3. The summed E-state index contributed by atoms with van der Waals surface area (Å²) in [6, 6.07) is -0.901. The zero-order chi connectivity index (χ0) is 9.84. The fraction of sp³-hybridized carbons (Fsp3) is 0.286. The molecule has 0 bridgehead atoms. The third kappa shape index (κ3) is 2.29. The summed E-state index contributed by atoms with van der Waals surface area (Å²) in [4.78, 5) is 21.6. The number of aromatic nitrogens is 2. The maximum absolute atomic E-state index is 11.2. The second-order valence-corrected chi connectivity index (χ2v) is 2.52. The van der Waals surface area contributed by atoms with Crippen LogP contribution in [-0.4, -0.2) is 33.2 Å². The zero-order valence-corrected chi connectivity index (χ0v) is 6.94. The van der Waals surface area contributed by atoms with E-state index in [0.717, 1.165) is 0 Å². The molecule has 13 heavy (non-hydrogen) atoms. The van der Waals surface area contributed by atoms with E-state index >= 15 is 0 Å². The molecule has 0 saturated carbocycles. The molecule has 1 rings (SSSR count). The molecule has 0 aliphatic heterocycles. The van der Waals surface area contributed by atoms with Crippen molar-refractivity contribution in [2.45, 2.75) is 13.0 Å². The Kier molecular flexibility index (Phi) is 2.63. The van der Waals surface area contributed by atoms with E-state index in [1.54, 1.807) is 0 Å². The molecular formula is C7H9N3O3. The van der Waals surface area contributed by atoms with Gasteiger partial charge in [-0.2, -0.15) is 5.10 Å². The van der Waals surface area contributed by atoms with Crippen LogP contribution in [0.3, 0.4) is 0 Å². The van der Waals surface area contributed by atoms with Crippen molar-refractivity contribution >= 4 is 11.9 Å². The number of carbonyl (C=O) groups excluding carboxylic acids is 1. The third-order valence-corrected chi connectivity index (χ3v) is 1.48. The van der Waals surface area contributed by atoms with Gasteiger partial charge in [0.2, 0.25) is 0 Å². The van der Waals surface area contributed by atoms with Crippen molar-refractivity contribution in [3.05, 3.63) is 18.0 Å². The van der Waals surface area contributed by atoms with Crippen molar-refractivity contribution in [1.82, 2.24) is 15.5 Å². The molecule has 6 nitrogen and oxygen atoms in total. The number of nitrogens with one attached hydrogen (secondary N) is 2. The minimum Gasteiger partial charge on any atom is -0.480 e. The van der Waals surface area contributed by atoms with Gasteiger partial charge in [-0.25, -0.2) is 0 Å². The molecule has 0 spiro atoms. The van der Waals surface area contributed by atoms with E-state index in [2.05, 4.69) is 15.5 Å². The number of rotatable bonds is 3. The van der Waals surface area contributed by atoms with Gasteiger partial charge in [0.25, 0.3) is 5.91 Å². The Labute approximate surface area is 74.0 Å². The molecule has 0 aromatic carbocycles. The maximum Gasteiger partial charge on any atom is 0.325 e. The number of amides is 1. The number of aromatic amines is 1. The minimum absolute atomic E-state index is 0.313. The van der Waals surface area contributed by atoms with Gasteiger partial charge in [0.1, 0.15) is 6.04 Å². The SMILES string of the molecule is C[C@H](NC(=O)c1cn[nH]c1)C(=O)O. The summed E-state index contributed by atoms with van der Waals surface area (Å²) in [5.74, 6) is -1.53. The highest BCUT2D eigenvalue weighted by molar-refractivity contribution is 5.95. The molecule has 0 fully saturated rings. The van der Waals surface area contributed by atoms with E-state index in [4.69, 9.17) is 5.11 Å². The number of carbonyl (C=O) groups is 2. The molecule has 0 unspecified atom stereocenters. The number of nitrogens with zero attached hydrogens (tertiary/aromatic N) is 1. The molecule has 0 aliphatic rings. The molecule has 6 heteroatoms. The van der Waals surface area contributed by atoms with Gasteiger partial charge in [0, 0.05) is 6.20 Å². The first-order chi connectivity index (χ1) is 6.11. The van der Waals surface area contributed by atoms with Gasteiger partial charge in [-0.05, 0) is 6.92 Å². The lowest BCUT2D eigenvalue weighted by Gasteiger charge is -2.06. The first kappa shape index (κ1) is 9.24. The highest BCUT2D eigenvalue weighted by atomic mass is 16.4. The van der Waals surface area contributed by atoms with Gasteiger partial charge >= 0.3 is 5.97 Å². The van der Waals surface area contributed by atoms with Gasteiger partial charge in [0.15, 0.2) is 0 Å². The van der Waals surface area contributed by atoms with Crippen LogP contribution in [-0.2, 0) is 4.79 Å². The molecule has 1 aromatic rings. The van der Waals surface area contributed by atoms with Crippen LogP contribution in [0.4, 0.5) is 0 Å². The van der Waals surface area contributed by atoms with Crippen LogP contribution in [0.1, 0.15) is 17.3 Å². The maximum atomic E-state index is 11.2. The first-order valence-electron chi connectivity index (χ1n) is 3.63. The molecule has 0 radical (unpaired) electrons. The van der Waals surface area contributed by atoms with Crippen molar-refractivity contribution in [2.75, 3.05) is 0 Å². The normalized spacial score (nSPS) is 12.1. The number of hydrogen-bond donors (Lipinski definition) is 3. The molecular weight excluding hydrogens is 174 g/mol. The summed E-state index contributed by atoms with van der Waals surface area (Å²) < 4.78 is 0. The van der Waals surface area contributed by atoms with Crippen LogP contribution in [0.15, 0.2) is 12.4 Å². The van der Waals surface area contributed by atoms with E-state index in [9.17, 15) is 9.59 Å². The van der Waals surface area contributed by atoms with Crippen LogP contribution < -0.4 is 5.32 Å². The fourth-order valence-electron chi connectivity index (χ4n) is 0.717. The van der Waals surface area contributed by atoms with E-state index in [1.165, 1.54) is 19.3 Å². The molecule has 1 amide bonds. The minimum atomic E-state index is -1.07. The van der Waals surface area contributed by atoms with Crippen LogP contribution in [0.5, 0.6) is 0 Å². The summed E-state index contributed by atoms with van der Waals surface area (Å²) in [6.07, 6.45) is 2.72. The average molecular weight is 183 g/mol. The Bertz CT molecular complexity index is 307. The fourth-order valence-corrected chi connectivity index (χ4v) is 0.717. The summed E-state index contributed by atoms with van der Waals surface area (Å²) >= 11 is 0. The number of carboxylic acids is 1. The standard InChI is InChI=1S/C7H9N3O3/c1-4(7(12)13)10-6(11)5-2-8-9-3-5/h2-4H,1H3,(H,8,9)(H,10,11)(H,12,13)/t4-/m0/s1. The predicted molar refractivity (Wildman–Crippen MR) is 43.2 cm³/mol. The number of carboxylic acid groups (broad SMARTS) is 1. The molecule has 0 saturated heterocycles. The van der Waals surface area contributed by atoms with Crippen molar-refractivity contribution in [3.63, 3.8) is 0 Å². The summed E-state index contributed by atoms with van der Waals surface area (Å²) in [5.41, 5.74) is 0.313. The van der Waals surface area contributed by atoms with Crippen molar-refractivity contribution in [1.29, 1.82) is 0 Å². The summed E-state index contributed by atoms with van der Waals surface area (Å²) in [6.45, 7) is 1.39. The van der Waals surface area contributed by atoms with Gasteiger partial charge in [-0.1, -0.05) is 0 Å². The summed E-state index contributed by atoms with van der Waals surface area (Å²) in [5, 5.41) is 16.8. The second kappa shape index (κ2) is 3.70. The Balaban J connectivity index is 2.56. The lowest BCUT2D eigenvalue weighted by Crippen LogP contribution is -2.38. The Morgan fingerprint density at radius 1 is 1.69 bits per heavy atom. The molecule has 1 heterocycles. The Morgan fingerprint density at radius 3 is 2.85 bits per heavy atom. The number of hydrogen-bond acceptors (Lipinski definition) is 3. The highest BCUT2D eigenvalue weighted by Crippen LogP contribution is 1.94. The van der Waals surface area contributed by atoms with Crippen LogP contribution in [0.25, 0.3) is 0 Å². The molecule has 70 valence electrons. The topological polar surface area (TPSA) is 95.1 Å². The number of H-pyrrole nitrogens is 1. The quantitative estimate of drug-likeness (QED) is 0.594. The van der Waals surface area contributed by atoms with Gasteiger partial charge < -0.3 is 10.4 Å². The van der Waals surface area contributed by atoms with Gasteiger partial charge in [-0.3, -0.25) is 14.7 Å². The lowest BCUT2D eigenvalue weighted by molar-refractivity contribution is -0.138. The monoisotopic (exact) mass is 183 g/mol. The van der Waals surface area contributed by atoms with Crippen molar-refractivity contribution < 1.29 is 14.7 Å². The summed E-state index contributed by atoms with van der Waals surface area (Å²) in [7, 11) is 0. The van der Waals surface area contributed by atoms with E-state index < -0.39 is 17.9 Å². The van der Waals surface area contributed by atoms with Crippen molar-refractivity contribution in [3.8, 4) is 0 Å². The molecule has 1 atom stereocenters. The number of aliphatic carboxylic acids is 1. The largest absolute Gasteiger partial charge is 0.480 e. The third-order valence-electron chi connectivity index (χ3n) is 1.48. The van der Waals surface area contributed by atoms with Crippen molar-refractivity contribution in [2.24, 2.45) is 0 Å². The first-order valence-corrected chi connectivity index (χ1v) is 3.63. The molecule has 1 aromatic heterocycles. The van der Waals surface area contributed by atoms with Crippen LogP contribution in [0.2, 0.25) is 0 Å². The molecule has 3 N–H and O–H groups in total. The smallest absolute Gasteiger partial charge is 0.325 e. The van der Waals surface area contributed by atoms with E-state index in [1.807, 2.05) is 0 Å². The predicted octanol–water partition coefficient (Wildman–Crippen LogP) is -0.387. The van der Waals surface area contributed by atoms with Gasteiger partial charge in [-0.15, -0.1) is 0 Å². The van der Waals surface area contributed by atoms with Crippen LogP contribution in [0, 0.1) is 0 Å². The Hall–Kier alpha value is -1.85. The van der Waals surface area contributed by atoms with Crippen LogP contribution >= 0.6 is 0 Å². The zero-order valence-electron chi connectivity index (χ0n) is 6.94. The Morgan fingerprint density at radius 2 is 2.38 bits per heavy atom. The molecule has 0 aliphatic carbocycles. The van der Waals surface area contributed by atoms with E-state index in [0.29, 0.717) is 5.56 Å². The van der Waals surface area contributed by atoms with Gasteiger partial charge in [0.05, 0.1) is 11.8 Å². The second-order valence-electron chi connectivity index (χ2n) is 2.52.